The summed E-state index contributed by atoms with van der Waals surface area (Å²) in [7, 11) is 1.77. The first-order valence-electron chi connectivity index (χ1n) is 6.12. The molecule has 0 saturated carbocycles. The average molecular weight is 269 g/mol. The quantitative estimate of drug-likeness (QED) is 0.628. The van der Waals surface area contributed by atoms with Gasteiger partial charge in [0.05, 0.1) is 6.54 Å². The van der Waals surface area contributed by atoms with Crippen molar-refractivity contribution in [1.29, 1.82) is 0 Å². The van der Waals surface area contributed by atoms with Crippen molar-refractivity contribution < 1.29 is 4.52 Å². The fourth-order valence-corrected chi connectivity index (χ4v) is 2.89. The first kappa shape index (κ1) is 13.2. The van der Waals surface area contributed by atoms with Crippen molar-refractivity contribution in [2.45, 2.75) is 32.4 Å². The molecular weight excluding hydrogens is 250 g/mol. The van der Waals surface area contributed by atoms with E-state index in [9.17, 15) is 0 Å². The van der Waals surface area contributed by atoms with Crippen LogP contribution in [0.4, 0.5) is 0 Å². The molecule has 0 radical (unpaired) electrons. The standard InChI is InChI=1S/C11H19N5OS/c1-8-14-10(16-17-8)6-13-11(12-2)15-9-4-3-5-18-7-9/h9H,3-7H2,1-2H3,(H2,12,13,15). The highest BCUT2D eigenvalue weighted by Crippen LogP contribution is 2.16. The number of guanidine groups is 1. The molecule has 0 aliphatic carbocycles. The molecule has 1 aliphatic rings. The van der Waals surface area contributed by atoms with E-state index in [4.69, 9.17) is 4.52 Å². The Hall–Kier alpha value is -1.24. The Morgan fingerprint density at radius 2 is 2.50 bits per heavy atom. The summed E-state index contributed by atoms with van der Waals surface area (Å²) < 4.78 is 4.92. The molecule has 1 aliphatic heterocycles. The normalized spacial score (nSPS) is 20.8. The van der Waals surface area contributed by atoms with Crippen LogP contribution in [0.2, 0.25) is 0 Å². The topological polar surface area (TPSA) is 75.3 Å². The van der Waals surface area contributed by atoms with E-state index in [0.717, 1.165) is 11.7 Å². The molecule has 2 rings (SSSR count). The summed E-state index contributed by atoms with van der Waals surface area (Å²) in [5.74, 6) is 4.44. The van der Waals surface area contributed by atoms with Crippen molar-refractivity contribution in [1.82, 2.24) is 20.8 Å². The number of nitrogens with one attached hydrogen (secondary N) is 2. The Bertz CT molecular complexity index is 400. The third-order valence-corrected chi connectivity index (χ3v) is 3.92. The number of aromatic nitrogens is 2. The average Bonchev–Trinajstić information content (AvgIpc) is 2.81. The Morgan fingerprint density at radius 3 is 3.11 bits per heavy atom. The molecule has 1 fully saturated rings. The second kappa shape index (κ2) is 6.63. The number of aryl methyl sites for hydroxylation is 1. The number of hydrogen-bond acceptors (Lipinski definition) is 5. The maximum Gasteiger partial charge on any atom is 0.223 e. The minimum Gasteiger partial charge on any atom is -0.353 e. The zero-order chi connectivity index (χ0) is 12.8. The van der Waals surface area contributed by atoms with Gasteiger partial charge in [-0.15, -0.1) is 0 Å². The highest BCUT2D eigenvalue weighted by atomic mass is 32.2. The van der Waals surface area contributed by atoms with E-state index in [-0.39, 0.29) is 0 Å². The maximum atomic E-state index is 4.92. The lowest BCUT2D eigenvalue weighted by molar-refractivity contribution is 0.386. The van der Waals surface area contributed by atoms with Crippen LogP contribution >= 0.6 is 11.8 Å². The van der Waals surface area contributed by atoms with Crippen LogP contribution in [0.5, 0.6) is 0 Å². The summed E-state index contributed by atoms with van der Waals surface area (Å²) >= 11 is 1.99. The molecule has 18 heavy (non-hydrogen) atoms. The van der Waals surface area contributed by atoms with Crippen LogP contribution in [0.15, 0.2) is 9.52 Å². The molecule has 6 nitrogen and oxygen atoms in total. The summed E-state index contributed by atoms with van der Waals surface area (Å²) in [6.45, 7) is 2.31. The second-order valence-electron chi connectivity index (χ2n) is 4.21. The first-order chi connectivity index (χ1) is 8.78. The van der Waals surface area contributed by atoms with E-state index >= 15 is 0 Å². The SMILES string of the molecule is CN=C(NCc1noc(C)n1)NC1CCCSC1. The number of aliphatic imine (C=N–C) groups is 1. The van der Waals surface area contributed by atoms with Gasteiger partial charge in [-0.05, 0) is 18.6 Å². The summed E-state index contributed by atoms with van der Waals surface area (Å²) in [4.78, 5) is 8.34. The Kier molecular flexibility index (Phi) is 4.86. The van der Waals surface area contributed by atoms with E-state index in [1.807, 2.05) is 11.8 Å². The lowest BCUT2D eigenvalue weighted by Crippen LogP contribution is -2.45. The third kappa shape index (κ3) is 3.90. The molecule has 1 aromatic heterocycles. The van der Waals surface area contributed by atoms with Gasteiger partial charge in [0.15, 0.2) is 11.8 Å². The van der Waals surface area contributed by atoms with E-state index in [0.29, 0.717) is 24.3 Å². The molecule has 0 amide bonds. The number of hydrogen-bond donors (Lipinski definition) is 2. The minimum atomic E-state index is 0.502. The van der Waals surface area contributed by atoms with Gasteiger partial charge in [-0.3, -0.25) is 4.99 Å². The lowest BCUT2D eigenvalue weighted by atomic mass is 10.2. The van der Waals surface area contributed by atoms with Gasteiger partial charge < -0.3 is 15.2 Å². The molecule has 2 heterocycles. The van der Waals surface area contributed by atoms with Gasteiger partial charge in [0.1, 0.15) is 0 Å². The summed E-state index contributed by atoms with van der Waals surface area (Å²) in [5.41, 5.74) is 0. The summed E-state index contributed by atoms with van der Waals surface area (Å²) in [5, 5.41) is 10.4. The van der Waals surface area contributed by atoms with Gasteiger partial charge in [0.2, 0.25) is 5.89 Å². The summed E-state index contributed by atoms with van der Waals surface area (Å²) in [6, 6.07) is 0.502. The van der Waals surface area contributed by atoms with Crippen LogP contribution in [0, 0.1) is 6.92 Å². The van der Waals surface area contributed by atoms with Crippen LogP contribution in [-0.2, 0) is 6.54 Å². The van der Waals surface area contributed by atoms with Crippen LogP contribution in [-0.4, -0.2) is 40.7 Å². The Balaban J connectivity index is 1.78. The molecule has 0 spiro atoms. The van der Waals surface area contributed by atoms with E-state index in [2.05, 4.69) is 25.8 Å². The smallest absolute Gasteiger partial charge is 0.223 e. The molecular formula is C11H19N5OS. The van der Waals surface area contributed by atoms with Gasteiger partial charge in [0, 0.05) is 25.8 Å². The van der Waals surface area contributed by atoms with Gasteiger partial charge >= 0.3 is 0 Å². The number of thioether (sulfide) groups is 1. The summed E-state index contributed by atoms with van der Waals surface area (Å²) in [6.07, 6.45) is 2.47. The maximum absolute atomic E-state index is 4.92. The van der Waals surface area contributed by atoms with Crippen molar-refractivity contribution in [2.24, 2.45) is 4.99 Å². The molecule has 2 N–H and O–H groups in total. The fraction of sp³-hybridized carbons (Fsp3) is 0.727. The zero-order valence-electron chi connectivity index (χ0n) is 10.8. The molecule has 100 valence electrons. The highest BCUT2D eigenvalue weighted by molar-refractivity contribution is 7.99. The molecule has 1 aromatic rings. The number of rotatable bonds is 3. The fourth-order valence-electron chi connectivity index (χ4n) is 1.82. The molecule has 1 atom stereocenters. The van der Waals surface area contributed by atoms with Crippen molar-refractivity contribution in [3.05, 3.63) is 11.7 Å². The van der Waals surface area contributed by atoms with Gasteiger partial charge in [0.25, 0.3) is 0 Å². The van der Waals surface area contributed by atoms with Crippen molar-refractivity contribution in [2.75, 3.05) is 18.6 Å². The zero-order valence-corrected chi connectivity index (χ0v) is 11.6. The Labute approximate surface area is 111 Å². The van der Waals surface area contributed by atoms with Crippen molar-refractivity contribution in [3.63, 3.8) is 0 Å². The van der Waals surface area contributed by atoms with E-state index in [1.165, 1.54) is 18.6 Å². The molecule has 1 saturated heterocycles. The first-order valence-corrected chi connectivity index (χ1v) is 7.27. The highest BCUT2D eigenvalue weighted by Gasteiger charge is 2.15. The molecule has 1 unspecified atom stereocenters. The molecule has 0 bridgehead atoms. The third-order valence-electron chi connectivity index (χ3n) is 2.71. The van der Waals surface area contributed by atoms with Gasteiger partial charge in [-0.1, -0.05) is 5.16 Å². The van der Waals surface area contributed by atoms with Gasteiger partial charge in [-0.25, -0.2) is 0 Å². The second-order valence-corrected chi connectivity index (χ2v) is 5.36. The van der Waals surface area contributed by atoms with Crippen LogP contribution < -0.4 is 10.6 Å². The van der Waals surface area contributed by atoms with E-state index < -0.39 is 0 Å². The van der Waals surface area contributed by atoms with Crippen LogP contribution in [0.25, 0.3) is 0 Å². The van der Waals surface area contributed by atoms with Crippen LogP contribution in [0.1, 0.15) is 24.6 Å². The molecule has 0 aromatic carbocycles. The lowest BCUT2D eigenvalue weighted by Gasteiger charge is -2.24. The van der Waals surface area contributed by atoms with Crippen LogP contribution in [0.3, 0.4) is 0 Å². The van der Waals surface area contributed by atoms with Gasteiger partial charge in [-0.2, -0.15) is 16.7 Å². The minimum absolute atomic E-state index is 0.502. The van der Waals surface area contributed by atoms with Crippen molar-refractivity contribution in [3.8, 4) is 0 Å². The predicted octanol–water partition coefficient (Wildman–Crippen LogP) is 0.939. The predicted molar refractivity (Wildman–Crippen MR) is 72.7 cm³/mol. The molecule has 7 heteroatoms. The van der Waals surface area contributed by atoms with Crippen molar-refractivity contribution >= 4 is 17.7 Å². The van der Waals surface area contributed by atoms with E-state index in [1.54, 1.807) is 14.0 Å². The largest absolute Gasteiger partial charge is 0.353 e. The Morgan fingerprint density at radius 1 is 1.61 bits per heavy atom. The number of nitrogens with zero attached hydrogens (tertiary/aromatic N) is 3. The monoisotopic (exact) mass is 269 g/mol.